The van der Waals surface area contributed by atoms with Crippen molar-refractivity contribution in [2.24, 2.45) is 0 Å². The van der Waals surface area contributed by atoms with Crippen LogP contribution in [0.5, 0.6) is 0 Å². The van der Waals surface area contributed by atoms with Gasteiger partial charge in [0.2, 0.25) is 0 Å². The Morgan fingerprint density at radius 3 is 2.56 bits per heavy atom. The maximum absolute atomic E-state index is 12.8. The first-order valence-electron chi connectivity index (χ1n) is 8.30. The van der Waals surface area contributed by atoms with E-state index in [0.717, 1.165) is 35.4 Å². The van der Waals surface area contributed by atoms with Crippen molar-refractivity contribution in [2.75, 3.05) is 13.6 Å². The van der Waals surface area contributed by atoms with E-state index < -0.39 is 0 Å². The predicted octanol–water partition coefficient (Wildman–Crippen LogP) is 4.82. The first-order valence-corrected chi connectivity index (χ1v) is 9.05. The Morgan fingerprint density at radius 2 is 1.80 bits per heavy atom. The highest BCUT2D eigenvalue weighted by atomic mass is 35.5. The summed E-state index contributed by atoms with van der Waals surface area (Å²) in [6, 6.07) is 13.0. The molecule has 25 heavy (non-hydrogen) atoms. The molecule has 0 N–H and O–H groups in total. The molecule has 0 radical (unpaired) electrons. The standard InChI is InChI=1S/C20H18Cl2N2O/c1-23-9-8-19-17(11-23)16-10-15(22)6-7-18(16)24(19)12-20(25)13-2-4-14(21)5-3-13/h2-7,10H,8-9,11-12H2,1H3. The van der Waals surface area contributed by atoms with Crippen LogP contribution in [0.15, 0.2) is 42.5 Å². The topological polar surface area (TPSA) is 25.2 Å². The van der Waals surface area contributed by atoms with Crippen molar-refractivity contribution in [3.8, 4) is 0 Å². The number of Topliss-reactive ketones (excluding diaryl/α,β-unsaturated/α-hetero) is 1. The van der Waals surface area contributed by atoms with Crippen molar-refractivity contribution in [2.45, 2.75) is 19.5 Å². The van der Waals surface area contributed by atoms with Crippen LogP contribution in [0.4, 0.5) is 0 Å². The number of nitrogens with zero attached hydrogens (tertiary/aromatic N) is 2. The average Bonchev–Trinajstić information content (AvgIpc) is 2.88. The quantitative estimate of drug-likeness (QED) is 0.615. The van der Waals surface area contributed by atoms with Crippen LogP contribution in [0.1, 0.15) is 21.6 Å². The van der Waals surface area contributed by atoms with Gasteiger partial charge in [-0.15, -0.1) is 0 Å². The van der Waals surface area contributed by atoms with Crippen LogP contribution < -0.4 is 0 Å². The van der Waals surface area contributed by atoms with Crippen LogP contribution in [-0.2, 0) is 19.5 Å². The van der Waals surface area contributed by atoms with Gasteiger partial charge in [-0.2, -0.15) is 0 Å². The smallest absolute Gasteiger partial charge is 0.182 e. The third-order valence-electron chi connectivity index (χ3n) is 4.87. The van der Waals surface area contributed by atoms with Crippen molar-refractivity contribution in [3.05, 3.63) is 69.3 Å². The van der Waals surface area contributed by atoms with E-state index in [2.05, 4.69) is 16.5 Å². The zero-order valence-electron chi connectivity index (χ0n) is 13.9. The van der Waals surface area contributed by atoms with Gasteiger partial charge in [0.05, 0.1) is 6.54 Å². The SMILES string of the molecule is CN1CCc2c(c3cc(Cl)ccc3n2CC(=O)c2ccc(Cl)cc2)C1. The van der Waals surface area contributed by atoms with Crippen LogP contribution in [-0.4, -0.2) is 28.8 Å². The van der Waals surface area contributed by atoms with Crippen LogP contribution in [0.3, 0.4) is 0 Å². The molecule has 5 heteroatoms. The molecule has 0 bridgehead atoms. The molecule has 0 fully saturated rings. The summed E-state index contributed by atoms with van der Waals surface area (Å²) in [5.74, 6) is 0.0882. The number of fused-ring (bicyclic) bond motifs is 3. The molecule has 0 saturated heterocycles. The van der Waals surface area contributed by atoms with Crippen LogP contribution in [0, 0.1) is 0 Å². The number of carbonyl (C=O) groups excluding carboxylic acids is 1. The fraction of sp³-hybridized carbons (Fsp3) is 0.250. The highest BCUT2D eigenvalue weighted by molar-refractivity contribution is 6.31. The number of ketones is 1. The molecule has 4 rings (SSSR count). The Hall–Kier alpha value is -1.81. The van der Waals surface area contributed by atoms with Gasteiger partial charge in [-0.3, -0.25) is 4.79 Å². The number of carbonyl (C=O) groups is 1. The highest BCUT2D eigenvalue weighted by Crippen LogP contribution is 2.32. The van der Waals surface area contributed by atoms with Gasteiger partial charge >= 0.3 is 0 Å². The lowest BCUT2D eigenvalue weighted by atomic mass is 10.0. The Bertz CT molecular complexity index is 960. The maximum atomic E-state index is 12.8. The number of hydrogen-bond acceptors (Lipinski definition) is 2. The molecule has 3 nitrogen and oxygen atoms in total. The molecule has 0 unspecified atom stereocenters. The number of benzene rings is 2. The summed E-state index contributed by atoms with van der Waals surface area (Å²) in [5.41, 5.74) is 4.29. The van der Waals surface area contributed by atoms with E-state index in [-0.39, 0.29) is 5.78 Å². The number of likely N-dealkylation sites (N-methyl/N-ethyl adjacent to an activating group) is 1. The molecule has 1 aliphatic heterocycles. The van der Waals surface area contributed by atoms with E-state index in [1.807, 2.05) is 18.2 Å². The third kappa shape index (κ3) is 3.08. The predicted molar refractivity (Wildman–Crippen MR) is 103 cm³/mol. The maximum Gasteiger partial charge on any atom is 0.182 e. The second kappa shape index (κ2) is 6.49. The molecule has 1 aliphatic rings. The monoisotopic (exact) mass is 372 g/mol. The minimum atomic E-state index is 0.0882. The van der Waals surface area contributed by atoms with Gasteiger partial charge in [0, 0.05) is 51.7 Å². The summed E-state index contributed by atoms with van der Waals surface area (Å²) >= 11 is 12.1. The Morgan fingerprint density at radius 1 is 1.08 bits per heavy atom. The fourth-order valence-electron chi connectivity index (χ4n) is 3.61. The first-order chi connectivity index (χ1) is 12.0. The van der Waals surface area contributed by atoms with Gasteiger partial charge in [0.1, 0.15) is 0 Å². The van der Waals surface area contributed by atoms with E-state index in [0.29, 0.717) is 17.1 Å². The summed E-state index contributed by atoms with van der Waals surface area (Å²) in [6.45, 7) is 2.21. The van der Waals surface area contributed by atoms with Crippen molar-refractivity contribution in [1.82, 2.24) is 9.47 Å². The largest absolute Gasteiger partial charge is 0.336 e. The lowest BCUT2D eigenvalue weighted by Gasteiger charge is -2.24. The number of hydrogen-bond donors (Lipinski definition) is 0. The second-order valence-electron chi connectivity index (χ2n) is 6.59. The van der Waals surface area contributed by atoms with Crippen molar-refractivity contribution < 1.29 is 4.79 Å². The van der Waals surface area contributed by atoms with Crippen molar-refractivity contribution >= 4 is 39.9 Å². The van der Waals surface area contributed by atoms with E-state index in [9.17, 15) is 4.79 Å². The molecule has 1 aromatic heterocycles. The van der Waals surface area contributed by atoms with Crippen LogP contribution in [0.25, 0.3) is 10.9 Å². The molecule has 0 spiro atoms. The van der Waals surface area contributed by atoms with Gasteiger partial charge in [0.25, 0.3) is 0 Å². The lowest BCUT2D eigenvalue weighted by molar-refractivity contribution is 0.0972. The third-order valence-corrected chi connectivity index (χ3v) is 5.36. The molecule has 0 amide bonds. The van der Waals surface area contributed by atoms with Crippen LogP contribution in [0.2, 0.25) is 10.0 Å². The van der Waals surface area contributed by atoms with Gasteiger partial charge < -0.3 is 9.47 Å². The summed E-state index contributed by atoms with van der Waals surface area (Å²) in [6.07, 6.45) is 0.937. The number of halogens is 2. The fourth-order valence-corrected chi connectivity index (χ4v) is 3.91. The van der Waals surface area contributed by atoms with E-state index in [1.54, 1.807) is 24.3 Å². The zero-order chi connectivity index (χ0) is 17.6. The molecule has 0 aliphatic carbocycles. The minimum Gasteiger partial charge on any atom is -0.336 e. The summed E-state index contributed by atoms with van der Waals surface area (Å²) in [7, 11) is 2.12. The average molecular weight is 373 g/mol. The van der Waals surface area contributed by atoms with Crippen molar-refractivity contribution in [3.63, 3.8) is 0 Å². The molecule has 2 aromatic carbocycles. The molecule has 2 heterocycles. The number of rotatable bonds is 3. The molecule has 0 saturated carbocycles. The second-order valence-corrected chi connectivity index (χ2v) is 7.46. The first kappa shape index (κ1) is 16.6. The molecular weight excluding hydrogens is 355 g/mol. The van der Waals surface area contributed by atoms with Gasteiger partial charge in [-0.05, 0) is 55.1 Å². The van der Waals surface area contributed by atoms with E-state index in [4.69, 9.17) is 23.2 Å². The zero-order valence-corrected chi connectivity index (χ0v) is 15.4. The Labute approximate surface area is 156 Å². The van der Waals surface area contributed by atoms with Crippen molar-refractivity contribution in [1.29, 1.82) is 0 Å². The van der Waals surface area contributed by atoms with Gasteiger partial charge in [0.15, 0.2) is 5.78 Å². The Kier molecular flexibility index (Phi) is 4.32. The van der Waals surface area contributed by atoms with Crippen LogP contribution >= 0.6 is 23.2 Å². The highest BCUT2D eigenvalue weighted by Gasteiger charge is 2.23. The van der Waals surface area contributed by atoms with E-state index in [1.165, 1.54) is 11.3 Å². The molecule has 3 aromatic rings. The molecule has 0 atom stereocenters. The summed E-state index contributed by atoms with van der Waals surface area (Å²) in [5, 5.41) is 2.51. The van der Waals surface area contributed by atoms with Gasteiger partial charge in [-0.25, -0.2) is 0 Å². The van der Waals surface area contributed by atoms with Gasteiger partial charge in [-0.1, -0.05) is 23.2 Å². The summed E-state index contributed by atoms with van der Waals surface area (Å²) in [4.78, 5) is 15.1. The van der Waals surface area contributed by atoms with E-state index >= 15 is 0 Å². The normalized spacial score (nSPS) is 14.7. The Balaban J connectivity index is 1.79. The summed E-state index contributed by atoms with van der Waals surface area (Å²) < 4.78 is 2.16. The number of aromatic nitrogens is 1. The minimum absolute atomic E-state index is 0.0882. The molecular formula is C20H18Cl2N2O. The lowest BCUT2D eigenvalue weighted by Crippen LogP contribution is -2.28. The molecule has 128 valence electrons.